The molecule has 97 valence electrons. The van der Waals surface area contributed by atoms with Crippen molar-refractivity contribution in [3.8, 4) is 0 Å². The zero-order valence-corrected chi connectivity index (χ0v) is 10.8. The fourth-order valence-electron chi connectivity index (χ4n) is 2.31. The molecule has 1 atom stereocenters. The van der Waals surface area contributed by atoms with E-state index in [1.807, 2.05) is 30.3 Å². The Morgan fingerprint density at radius 1 is 1.33 bits per heavy atom. The number of benzene rings is 1. The van der Waals surface area contributed by atoms with Gasteiger partial charge in [-0.05, 0) is 30.7 Å². The van der Waals surface area contributed by atoms with Gasteiger partial charge < -0.3 is 5.32 Å². The van der Waals surface area contributed by atoms with E-state index in [0.717, 1.165) is 25.1 Å². The fraction of sp³-hybridized carbons (Fsp3) is 0.533. The zero-order chi connectivity index (χ0) is 12.6. The van der Waals surface area contributed by atoms with E-state index in [4.69, 9.17) is 0 Å². The summed E-state index contributed by atoms with van der Waals surface area (Å²) >= 11 is 0. The first kappa shape index (κ1) is 13.1. The van der Waals surface area contributed by atoms with Gasteiger partial charge in [0.2, 0.25) is 5.91 Å². The van der Waals surface area contributed by atoms with Crippen molar-refractivity contribution in [2.45, 2.75) is 32.2 Å². The molecule has 0 aliphatic carbocycles. The summed E-state index contributed by atoms with van der Waals surface area (Å²) in [6.07, 6.45) is 4.03. The van der Waals surface area contributed by atoms with Crippen LogP contribution in [-0.2, 0) is 11.3 Å². The molecule has 1 aromatic carbocycles. The molecule has 1 N–H and O–H groups in total. The topological polar surface area (TPSA) is 43.2 Å². The molecule has 1 aromatic rings. The molecule has 1 radical (unpaired) electrons. The second-order valence-corrected chi connectivity index (χ2v) is 4.94. The van der Waals surface area contributed by atoms with Crippen LogP contribution in [0.15, 0.2) is 30.3 Å². The molecule has 3 nitrogen and oxygen atoms in total. The second kappa shape index (κ2) is 7.17. The summed E-state index contributed by atoms with van der Waals surface area (Å²) in [4.78, 5) is 11.7. The number of carbonyl (C=O) groups excluding carboxylic acids is 1. The van der Waals surface area contributed by atoms with Gasteiger partial charge in [-0.3, -0.25) is 4.79 Å². The van der Waals surface area contributed by atoms with Gasteiger partial charge in [-0.2, -0.15) is 0 Å². The van der Waals surface area contributed by atoms with Gasteiger partial charge in [0.1, 0.15) is 0 Å². The van der Waals surface area contributed by atoms with Crippen LogP contribution < -0.4 is 10.6 Å². The molecular weight excluding hydrogens is 224 g/mol. The van der Waals surface area contributed by atoms with E-state index in [-0.39, 0.29) is 5.91 Å². The normalized spacial score (nSPS) is 19.4. The van der Waals surface area contributed by atoms with E-state index in [1.54, 1.807) is 0 Å². The number of carbonyl (C=O) groups is 1. The highest BCUT2D eigenvalue weighted by atomic mass is 16.1. The minimum atomic E-state index is 0.157. The smallest absolute Gasteiger partial charge is 0.220 e. The summed E-state index contributed by atoms with van der Waals surface area (Å²) in [7, 11) is 0. The number of nitrogens with zero attached hydrogens (tertiary/aromatic N) is 1. The van der Waals surface area contributed by atoms with Crippen LogP contribution in [-0.4, -0.2) is 19.0 Å². The third-order valence-corrected chi connectivity index (χ3v) is 3.43. The van der Waals surface area contributed by atoms with Gasteiger partial charge in [-0.15, -0.1) is 0 Å². The molecule has 0 bridgehead atoms. The molecule has 2 rings (SSSR count). The Labute approximate surface area is 109 Å². The van der Waals surface area contributed by atoms with Crippen LogP contribution in [0.4, 0.5) is 0 Å². The van der Waals surface area contributed by atoms with Gasteiger partial charge >= 0.3 is 0 Å². The molecule has 1 aliphatic rings. The molecule has 3 heteroatoms. The lowest BCUT2D eigenvalue weighted by Crippen LogP contribution is -2.27. The number of amides is 1. The summed E-state index contributed by atoms with van der Waals surface area (Å²) in [5.74, 6) is 0.783. The van der Waals surface area contributed by atoms with Crippen LogP contribution in [0.5, 0.6) is 0 Å². The summed E-state index contributed by atoms with van der Waals surface area (Å²) < 4.78 is 0. The van der Waals surface area contributed by atoms with Crippen molar-refractivity contribution in [1.82, 2.24) is 10.6 Å². The van der Waals surface area contributed by atoms with Gasteiger partial charge in [-0.1, -0.05) is 30.3 Å². The van der Waals surface area contributed by atoms with Crippen LogP contribution in [0.1, 0.15) is 31.2 Å². The highest BCUT2D eigenvalue weighted by Gasteiger charge is 2.14. The predicted molar refractivity (Wildman–Crippen MR) is 72.1 cm³/mol. The van der Waals surface area contributed by atoms with Crippen LogP contribution >= 0.6 is 0 Å². The average molecular weight is 245 g/mol. The lowest BCUT2D eigenvalue weighted by Gasteiger charge is -2.20. The van der Waals surface area contributed by atoms with E-state index in [1.165, 1.54) is 12.8 Å². The average Bonchev–Trinajstić information content (AvgIpc) is 2.45. The standard InChI is InChI=1S/C15H21N2O/c18-15(9-8-14-7-4-10-16-11-14)17-12-13-5-2-1-3-6-13/h1-3,5-6,14H,4,7-12H2,(H,17,18). The molecule has 0 aromatic heterocycles. The quantitative estimate of drug-likeness (QED) is 0.848. The molecule has 1 aliphatic heterocycles. The molecular formula is C15H21N2O. The van der Waals surface area contributed by atoms with Crippen molar-refractivity contribution in [1.29, 1.82) is 0 Å². The van der Waals surface area contributed by atoms with Gasteiger partial charge in [0.25, 0.3) is 0 Å². The SMILES string of the molecule is O=C(CCC1CCC[N]C1)NCc1ccccc1. The van der Waals surface area contributed by atoms with Gasteiger partial charge in [-0.25, -0.2) is 5.32 Å². The number of hydrogen-bond donors (Lipinski definition) is 1. The predicted octanol–water partition coefficient (Wildman–Crippen LogP) is 2.10. The first-order valence-electron chi connectivity index (χ1n) is 6.78. The number of nitrogens with one attached hydrogen (secondary N) is 1. The van der Waals surface area contributed by atoms with E-state index in [0.29, 0.717) is 18.9 Å². The first-order chi connectivity index (χ1) is 8.84. The Morgan fingerprint density at radius 3 is 2.89 bits per heavy atom. The summed E-state index contributed by atoms with van der Waals surface area (Å²) in [5.41, 5.74) is 1.15. The van der Waals surface area contributed by atoms with Crippen molar-refractivity contribution in [3.63, 3.8) is 0 Å². The Morgan fingerprint density at radius 2 is 2.17 bits per heavy atom. The fourth-order valence-corrected chi connectivity index (χ4v) is 2.31. The Kier molecular flexibility index (Phi) is 5.21. The molecule has 0 spiro atoms. The monoisotopic (exact) mass is 245 g/mol. The van der Waals surface area contributed by atoms with Crippen molar-refractivity contribution in [3.05, 3.63) is 35.9 Å². The van der Waals surface area contributed by atoms with E-state index >= 15 is 0 Å². The lowest BCUT2D eigenvalue weighted by molar-refractivity contribution is -0.121. The van der Waals surface area contributed by atoms with Crippen molar-refractivity contribution < 1.29 is 4.79 Å². The molecule has 1 unspecified atom stereocenters. The minimum absolute atomic E-state index is 0.157. The minimum Gasteiger partial charge on any atom is -0.352 e. The highest BCUT2D eigenvalue weighted by Crippen LogP contribution is 2.16. The largest absolute Gasteiger partial charge is 0.352 e. The number of piperidine rings is 1. The Balaban J connectivity index is 1.63. The lowest BCUT2D eigenvalue weighted by atomic mass is 9.94. The van der Waals surface area contributed by atoms with E-state index in [2.05, 4.69) is 10.6 Å². The van der Waals surface area contributed by atoms with Gasteiger partial charge in [0.15, 0.2) is 0 Å². The van der Waals surface area contributed by atoms with Crippen molar-refractivity contribution >= 4 is 5.91 Å². The molecule has 18 heavy (non-hydrogen) atoms. The summed E-state index contributed by atoms with van der Waals surface area (Å²) in [6, 6.07) is 10.0. The highest BCUT2D eigenvalue weighted by molar-refractivity contribution is 5.75. The van der Waals surface area contributed by atoms with Crippen LogP contribution in [0.25, 0.3) is 0 Å². The maximum Gasteiger partial charge on any atom is 0.220 e. The van der Waals surface area contributed by atoms with Crippen molar-refractivity contribution in [2.75, 3.05) is 13.1 Å². The Bertz CT molecular complexity index is 358. The molecule has 1 saturated heterocycles. The van der Waals surface area contributed by atoms with E-state index in [9.17, 15) is 4.79 Å². The molecule has 1 fully saturated rings. The maximum atomic E-state index is 11.7. The van der Waals surface area contributed by atoms with Crippen LogP contribution in [0.3, 0.4) is 0 Å². The second-order valence-electron chi connectivity index (χ2n) is 4.94. The first-order valence-corrected chi connectivity index (χ1v) is 6.78. The maximum absolute atomic E-state index is 11.7. The van der Waals surface area contributed by atoms with Gasteiger partial charge in [0, 0.05) is 26.1 Å². The van der Waals surface area contributed by atoms with Crippen LogP contribution in [0.2, 0.25) is 0 Å². The zero-order valence-electron chi connectivity index (χ0n) is 10.8. The Hall–Kier alpha value is -1.35. The third-order valence-electron chi connectivity index (χ3n) is 3.43. The van der Waals surface area contributed by atoms with Crippen LogP contribution in [0, 0.1) is 5.92 Å². The summed E-state index contributed by atoms with van der Waals surface area (Å²) in [6.45, 7) is 2.59. The summed E-state index contributed by atoms with van der Waals surface area (Å²) in [5, 5.41) is 7.37. The third kappa shape index (κ3) is 4.49. The number of hydrogen-bond acceptors (Lipinski definition) is 1. The molecule has 0 saturated carbocycles. The number of rotatable bonds is 5. The molecule has 1 heterocycles. The molecule has 1 amide bonds. The van der Waals surface area contributed by atoms with E-state index < -0.39 is 0 Å². The van der Waals surface area contributed by atoms with Gasteiger partial charge in [0.05, 0.1) is 0 Å². The van der Waals surface area contributed by atoms with Crippen molar-refractivity contribution in [2.24, 2.45) is 5.92 Å².